The summed E-state index contributed by atoms with van der Waals surface area (Å²) in [6.45, 7) is 5.98. The van der Waals surface area contributed by atoms with E-state index in [2.05, 4.69) is 9.97 Å². The van der Waals surface area contributed by atoms with Gasteiger partial charge in [-0.2, -0.15) is 0 Å². The number of halogens is 1. The largest absolute Gasteiger partial charge is 0.486 e. The summed E-state index contributed by atoms with van der Waals surface area (Å²) in [5.41, 5.74) is 4.29. The minimum absolute atomic E-state index is 0.144. The molecular formula is C12H18ClN3O3. The molecule has 0 bridgehead atoms. The van der Waals surface area contributed by atoms with E-state index in [9.17, 15) is 4.79 Å². The zero-order valence-electron chi connectivity index (χ0n) is 11.2. The van der Waals surface area contributed by atoms with Crippen molar-refractivity contribution in [2.75, 3.05) is 6.61 Å². The Morgan fingerprint density at radius 3 is 2.53 bits per heavy atom. The first kappa shape index (κ1) is 15.5. The van der Waals surface area contributed by atoms with E-state index in [-0.39, 0.29) is 11.9 Å². The molecule has 0 saturated carbocycles. The van der Waals surface area contributed by atoms with Crippen LogP contribution in [-0.2, 0) is 4.74 Å². The molecule has 0 aliphatic rings. The van der Waals surface area contributed by atoms with E-state index < -0.39 is 11.7 Å². The average Bonchev–Trinajstić information content (AvgIpc) is 2.26. The van der Waals surface area contributed by atoms with E-state index >= 15 is 0 Å². The molecule has 106 valence electrons. The molecule has 1 aromatic rings. The van der Waals surface area contributed by atoms with E-state index in [4.69, 9.17) is 26.8 Å². The second-order valence-electron chi connectivity index (χ2n) is 4.95. The van der Waals surface area contributed by atoms with Gasteiger partial charge in [0.15, 0.2) is 5.75 Å². The molecule has 19 heavy (non-hydrogen) atoms. The number of aromatic nitrogens is 2. The number of primary amides is 1. The standard InChI is InChI=1S/C12H18ClN3O3/c1-8(2)4-12(3,19-11(14)17)7-18-9-5-15-10(13)16-6-9/h5-6,8H,4,7H2,1-3H3,(H2,14,17)/t12-/m0/s1. The molecule has 0 saturated heterocycles. The SMILES string of the molecule is CC(C)C[C@@](C)(COc1cnc(Cl)nc1)OC(N)=O. The van der Waals surface area contributed by atoms with Crippen molar-refractivity contribution in [3.8, 4) is 5.75 Å². The lowest BCUT2D eigenvalue weighted by atomic mass is 9.95. The van der Waals surface area contributed by atoms with Crippen molar-refractivity contribution in [3.63, 3.8) is 0 Å². The summed E-state index contributed by atoms with van der Waals surface area (Å²) in [4.78, 5) is 18.6. The summed E-state index contributed by atoms with van der Waals surface area (Å²) in [5.74, 6) is 0.780. The molecule has 0 radical (unpaired) electrons. The number of ether oxygens (including phenoxy) is 2. The zero-order chi connectivity index (χ0) is 14.5. The molecule has 6 nitrogen and oxygen atoms in total. The van der Waals surface area contributed by atoms with E-state index in [0.717, 1.165) is 0 Å². The first-order valence-electron chi connectivity index (χ1n) is 5.89. The van der Waals surface area contributed by atoms with Crippen LogP contribution in [0, 0.1) is 5.92 Å². The number of hydrogen-bond acceptors (Lipinski definition) is 5. The van der Waals surface area contributed by atoms with Crippen molar-refractivity contribution in [2.45, 2.75) is 32.8 Å². The fourth-order valence-corrected chi connectivity index (χ4v) is 1.95. The monoisotopic (exact) mass is 287 g/mol. The molecule has 1 amide bonds. The van der Waals surface area contributed by atoms with Crippen molar-refractivity contribution >= 4 is 17.7 Å². The predicted molar refractivity (Wildman–Crippen MR) is 71.1 cm³/mol. The van der Waals surface area contributed by atoms with Crippen molar-refractivity contribution in [1.82, 2.24) is 9.97 Å². The second-order valence-corrected chi connectivity index (χ2v) is 5.28. The summed E-state index contributed by atoms with van der Waals surface area (Å²) in [7, 11) is 0. The van der Waals surface area contributed by atoms with Crippen LogP contribution in [0.3, 0.4) is 0 Å². The predicted octanol–water partition coefficient (Wildman–Crippen LogP) is 2.41. The van der Waals surface area contributed by atoms with Gasteiger partial charge >= 0.3 is 6.09 Å². The molecule has 1 aromatic heterocycles. The van der Waals surface area contributed by atoms with Crippen LogP contribution in [0.15, 0.2) is 12.4 Å². The summed E-state index contributed by atoms with van der Waals surface area (Å²) < 4.78 is 10.7. The molecular weight excluding hydrogens is 270 g/mol. The molecule has 0 unspecified atom stereocenters. The Hall–Kier alpha value is -1.56. The third-order valence-corrected chi connectivity index (χ3v) is 2.52. The number of nitrogens with two attached hydrogens (primary N) is 1. The number of carbonyl (C=O) groups excluding carboxylic acids is 1. The van der Waals surface area contributed by atoms with Crippen LogP contribution >= 0.6 is 11.6 Å². The molecule has 0 fully saturated rings. The Kier molecular flexibility index (Phi) is 5.35. The normalized spacial score (nSPS) is 13.9. The summed E-state index contributed by atoms with van der Waals surface area (Å²) >= 11 is 5.58. The summed E-state index contributed by atoms with van der Waals surface area (Å²) in [6, 6.07) is 0. The van der Waals surface area contributed by atoms with Gasteiger partial charge in [0.05, 0.1) is 12.4 Å². The fraction of sp³-hybridized carbons (Fsp3) is 0.583. The van der Waals surface area contributed by atoms with E-state index in [1.165, 1.54) is 12.4 Å². The smallest absolute Gasteiger partial charge is 0.405 e. The van der Waals surface area contributed by atoms with Gasteiger partial charge in [0, 0.05) is 0 Å². The quantitative estimate of drug-likeness (QED) is 0.812. The number of rotatable bonds is 6. The molecule has 7 heteroatoms. The molecule has 0 aromatic carbocycles. The molecule has 0 aliphatic heterocycles. The van der Waals surface area contributed by atoms with Gasteiger partial charge in [-0.3, -0.25) is 0 Å². The second kappa shape index (κ2) is 6.56. The Labute approximate surface area is 117 Å². The van der Waals surface area contributed by atoms with Gasteiger partial charge in [-0.25, -0.2) is 14.8 Å². The van der Waals surface area contributed by atoms with Gasteiger partial charge in [0.25, 0.3) is 0 Å². The highest BCUT2D eigenvalue weighted by atomic mass is 35.5. The maximum absolute atomic E-state index is 11.0. The van der Waals surface area contributed by atoms with Gasteiger partial charge in [0.2, 0.25) is 5.28 Å². The topological polar surface area (TPSA) is 87.3 Å². The Morgan fingerprint density at radius 1 is 1.47 bits per heavy atom. The van der Waals surface area contributed by atoms with Crippen LogP contribution in [0.25, 0.3) is 0 Å². The van der Waals surface area contributed by atoms with Gasteiger partial charge in [-0.1, -0.05) is 13.8 Å². The van der Waals surface area contributed by atoms with E-state index in [0.29, 0.717) is 18.1 Å². The van der Waals surface area contributed by atoms with Crippen LogP contribution in [0.1, 0.15) is 27.2 Å². The van der Waals surface area contributed by atoms with Crippen molar-refractivity contribution < 1.29 is 14.3 Å². The van der Waals surface area contributed by atoms with Crippen LogP contribution in [0.5, 0.6) is 5.75 Å². The highest BCUT2D eigenvalue weighted by molar-refractivity contribution is 6.28. The van der Waals surface area contributed by atoms with Crippen LogP contribution in [0.4, 0.5) is 4.79 Å². The zero-order valence-corrected chi connectivity index (χ0v) is 12.0. The maximum atomic E-state index is 11.0. The van der Waals surface area contributed by atoms with Gasteiger partial charge in [-0.05, 0) is 30.9 Å². The van der Waals surface area contributed by atoms with Crippen LogP contribution in [-0.4, -0.2) is 28.3 Å². The number of nitrogens with zero attached hydrogens (tertiary/aromatic N) is 2. The molecule has 0 aliphatic carbocycles. The summed E-state index contributed by atoms with van der Waals surface area (Å²) in [6.07, 6.45) is 2.72. The van der Waals surface area contributed by atoms with E-state index in [1.807, 2.05) is 13.8 Å². The highest BCUT2D eigenvalue weighted by Crippen LogP contribution is 2.22. The maximum Gasteiger partial charge on any atom is 0.405 e. The summed E-state index contributed by atoms with van der Waals surface area (Å²) in [5, 5.41) is 0.144. The number of amides is 1. The lowest BCUT2D eigenvalue weighted by Crippen LogP contribution is -2.41. The lowest BCUT2D eigenvalue weighted by molar-refractivity contribution is -0.0187. The fourth-order valence-electron chi connectivity index (χ4n) is 1.85. The van der Waals surface area contributed by atoms with Gasteiger partial charge in [0.1, 0.15) is 12.2 Å². The van der Waals surface area contributed by atoms with Crippen molar-refractivity contribution in [1.29, 1.82) is 0 Å². The van der Waals surface area contributed by atoms with Gasteiger partial charge < -0.3 is 15.2 Å². The number of carbonyl (C=O) groups is 1. The highest BCUT2D eigenvalue weighted by Gasteiger charge is 2.30. The molecule has 0 spiro atoms. The van der Waals surface area contributed by atoms with Crippen molar-refractivity contribution in [3.05, 3.63) is 17.7 Å². The minimum atomic E-state index is -0.820. The number of hydrogen-bond donors (Lipinski definition) is 1. The molecule has 1 atom stereocenters. The van der Waals surface area contributed by atoms with Gasteiger partial charge in [-0.15, -0.1) is 0 Å². The average molecular weight is 288 g/mol. The minimum Gasteiger partial charge on any atom is -0.486 e. The third kappa shape index (κ3) is 5.74. The van der Waals surface area contributed by atoms with E-state index in [1.54, 1.807) is 6.92 Å². The first-order chi connectivity index (χ1) is 8.81. The Morgan fingerprint density at radius 2 is 2.05 bits per heavy atom. The lowest BCUT2D eigenvalue weighted by Gasteiger charge is -2.30. The Balaban J connectivity index is 2.66. The molecule has 1 rings (SSSR count). The van der Waals surface area contributed by atoms with Crippen LogP contribution < -0.4 is 10.5 Å². The van der Waals surface area contributed by atoms with Crippen molar-refractivity contribution in [2.24, 2.45) is 11.7 Å². The first-order valence-corrected chi connectivity index (χ1v) is 6.27. The molecule has 1 heterocycles. The third-order valence-electron chi connectivity index (χ3n) is 2.33. The Bertz CT molecular complexity index is 425. The van der Waals surface area contributed by atoms with Crippen LogP contribution in [0.2, 0.25) is 5.28 Å². The molecule has 2 N–H and O–H groups in total.